The number of imidazole rings is 1. The van der Waals surface area contributed by atoms with E-state index in [1.807, 2.05) is 0 Å². The van der Waals surface area contributed by atoms with Gasteiger partial charge in [-0.1, -0.05) is 6.92 Å². The van der Waals surface area contributed by atoms with Gasteiger partial charge in [0.2, 0.25) is 0 Å². The van der Waals surface area contributed by atoms with Crippen molar-refractivity contribution >= 4 is 10.1 Å². The maximum absolute atomic E-state index is 10.8. The fraction of sp³-hybridized carbons (Fsp3) is 0.500. The Morgan fingerprint density at radius 1 is 1.75 bits per heavy atom. The Labute approximate surface area is 70.6 Å². The minimum atomic E-state index is -4.03. The highest BCUT2D eigenvalue weighted by Crippen LogP contribution is 2.20. The predicted molar refractivity (Wildman–Crippen MR) is 43.2 cm³/mol. The molecule has 12 heavy (non-hydrogen) atoms. The molecule has 0 bridgehead atoms. The smallest absolute Gasteiger partial charge is 0.275 e. The molecule has 0 amide bonds. The van der Waals surface area contributed by atoms with Gasteiger partial charge in [-0.3, -0.25) is 4.55 Å². The van der Waals surface area contributed by atoms with Crippen LogP contribution in [0.4, 0.5) is 0 Å². The van der Waals surface area contributed by atoms with Gasteiger partial charge in [0.1, 0.15) is 11.1 Å². The van der Waals surface area contributed by atoms with E-state index >= 15 is 0 Å². The van der Waals surface area contributed by atoms with Crippen LogP contribution in [0.1, 0.15) is 24.4 Å². The van der Waals surface area contributed by atoms with Crippen molar-refractivity contribution in [3.8, 4) is 0 Å². The molecule has 0 saturated heterocycles. The van der Waals surface area contributed by atoms with Crippen molar-refractivity contribution in [2.75, 3.05) is 0 Å². The van der Waals surface area contributed by atoms with Gasteiger partial charge in [0.25, 0.3) is 10.1 Å². The van der Waals surface area contributed by atoms with Crippen molar-refractivity contribution < 1.29 is 13.0 Å². The van der Waals surface area contributed by atoms with E-state index in [0.717, 1.165) is 0 Å². The fourth-order valence-electron chi connectivity index (χ4n) is 0.999. The fourth-order valence-corrected chi connectivity index (χ4v) is 1.83. The number of hydrogen-bond acceptors (Lipinski definition) is 3. The van der Waals surface area contributed by atoms with Crippen LogP contribution in [0.15, 0.2) is 12.4 Å². The molecule has 0 radical (unpaired) electrons. The van der Waals surface area contributed by atoms with Gasteiger partial charge in [-0.25, -0.2) is 4.98 Å². The monoisotopic (exact) mass is 190 g/mol. The number of nitrogens with one attached hydrogen (secondary N) is 1. The normalized spacial score (nSPS) is 14.5. The second-order valence-electron chi connectivity index (χ2n) is 2.39. The zero-order valence-electron chi connectivity index (χ0n) is 6.56. The quantitative estimate of drug-likeness (QED) is 0.689. The first-order valence-electron chi connectivity index (χ1n) is 3.51. The molecule has 0 spiro atoms. The highest BCUT2D eigenvalue weighted by atomic mass is 32.2. The van der Waals surface area contributed by atoms with Crippen molar-refractivity contribution in [3.63, 3.8) is 0 Å². The van der Waals surface area contributed by atoms with Gasteiger partial charge in [-0.05, 0) is 6.42 Å². The first-order valence-corrected chi connectivity index (χ1v) is 5.01. The summed E-state index contributed by atoms with van der Waals surface area (Å²) in [6.45, 7) is 1.67. The van der Waals surface area contributed by atoms with Crippen molar-refractivity contribution in [3.05, 3.63) is 18.2 Å². The van der Waals surface area contributed by atoms with Gasteiger partial charge >= 0.3 is 0 Å². The Hall–Kier alpha value is -0.880. The molecule has 1 heterocycles. The van der Waals surface area contributed by atoms with E-state index in [-0.39, 0.29) is 5.82 Å². The van der Waals surface area contributed by atoms with Gasteiger partial charge in [0, 0.05) is 12.4 Å². The largest absolute Gasteiger partial charge is 0.347 e. The Kier molecular flexibility index (Phi) is 2.49. The van der Waals surface area contributed by atoms with Crippen LogP contribution in [0, 0.1) is 0 Å². The summed E-state index contributed by atoms with van der Waals surface area (Å²) in [6.07, 6.45) is 3.26. The van der Waals surface area contributed by atoms with Crippen molar-refractivity contribution in [1.82, 2.24) is 9.97 Å². The topological polar surface area (TPSA) is 83.0 Å². The van der Waals surface area contributed by atoms with Crippen LogP contribution in [0.25, 0.3) is 0 Å². The van der Waals surface area contributed by atoms with Gasteiger partial charge in [0.15, 0.2) is 0 Å². The second-order valence-corrected chi connectivity index (χ2v) is 3.99. The average molecular weight is 190 g/mol. The summed E-state index contributed by atoms with van der Waals surface area (Å²) < 4.78 is 30.3. The number of hydrogen-bond donors (Lipinski definition) is 2. The van der Waals surface area contributed by atoms with Crippen LogP contribution in [-0.2, 0) is 10.1 Å². The molecule has 0 fully saturated rings. The van der Waals surface area contributed by atoms with Crippen LogP contribution >= 0.6 is 0 Å². The van der Waals surface area contributed by atoms with E-state index in [1.165, 1.54) is 12.4 Å². The third-order valence-corrected chi connectivity index (χ3v) is 2.83. The third kappa shape index (κ3) is 1.83. The Morgan fingerprint density at radius 3 is 2.75 bits per heavy atom. The third-order valence-electron chi connectivity index (χ3n) is 1.55. The summed E-state index contributed by atoms with van der Waals surface area (Å²) in [7, 11) is -4.03. The number of nitrogens with zero attached hydrogens (tertiary/aromatic N) is 1. The minimum Gasteiger partial charge on any atom is -0.347 e. The van der Waals surface area contributed by atoms with Crippen LogP contribution in [-0.4, -0.2) is 22.9 Å². The van der Waals surface area contributed by atoms with E-state index in [0.29, 0.717) is 6.42 Å². The molecule has 1 unspecified atom stereocenters. The van der Waals surface area contributed by atoms with Crippen LogP contribution in [0.2, 0.25) is 0 Å². The highest BCUT2D eigenvalue weighted by molar-refractivity contribution is 7.86. The van der Waals surface area contributed by atoms with E-state index in [9.17, 15) is 8.42 Å². The van der Waals surface area contributed by atoms with E-state index in [2.05, 4.69) is 9.97 Å². The maximum atomic E-state index is 10.8. The first kappa shape index (κ1) is 9.21. The number of rotatable bonds is 3. The lowest BCUT2D eigenvalue weighted by Gasteiger charge is -2.06. The number of aromatic amines is 1. The molecular formula is C6H10N2O3S. The Morgan fingerprint density at radius 2 is 2.42 bits per heavy atom. The second kappa shape index (κ2) is 3.24. The molecule has 0 aliphatic carbocycles. The molecule has 1 aromatic heterocycles. The average Bonchev–Trinajstić information content (AvgIpc) is 2.38. The zero-order chi connectivity index (χ0) is 9.19. The molecule has 68 valence electrons. The molecule has 5 nitrogen and oxygen atoms in total. The summed E-state index contributed by atoms with van der Waals surface area (Å²) in [5.74, 6) is 0.278. The molecule has 0 aliphatic rings. The van der Waals surface area contributed by atoms with E-state index in [4.69, 9.17) is 4.55 Å². The van der Waals surface area contributed by atoms with Crippen LogP contribution < -0.4 is 0 Å². The molecular weight excluding hydrogens is 180 g/mol. The van der Waals surface area contributed by atoms with Crippen molar-refractivity contribution in [2.45, 2.75) is 18.6 Å². The summed E-state index contributed by atoms with van der Waals surface area (Å²) in [5.41, 5.74) is 0. The summed E-state index contributed by atoms with van der Waals surface area (Å²) in [4.78, 5) is 6.40. The van der Waals surface area contributed by atoms with Gasteiger partial charge < -0.3 is 4.98 Å². The molecule has 0 aromatic carbocycles. The SMILES string of the molecule is CCC(c1ncc[nH]1)S(=O)(=O)O. The van der Waals surface area contributed by atoms with E-state index < -0.39 is 15.4 Å². The van der Waals surface area contributed by atoms with Gasteiger partial charge in [-0.15, -0.1) is 0 Å². The van der Waals surface area contributed by atoms with Crippen LogP contribution in [0.3, 0.4) is 0 Å². The molecule has 1 atom stereocenters. The molecule has 2 N–H and O–H groups in total. The summed E-state index contributed by atoms with van der Waals surface area (Å²) >= 11 is 0. The van der Waals surface area contributed by atoms with E-state index in [1.54, 1.807) is 6.92 Å². The van der Waals surface area contributed by atoms with Crippen LogP contribution in [0.5, 0.6) is 0 Å². The molecule has 6 heteroatoms. The predicted octanol–water partition coefficient (Wildman–Crippen LogP) is 0.749. The van der Waals surface area contributed by atoms with Gasteiger partial charge in [0.05, 0.1) is 0 Å². The lowest BCUT2D eigenvalue weighted by molar-refractivity contribution is 0.464. The standard InChI is InChI=1S/C6H10N2O3S/c1-2-5(12(9,10)11)6-7-3-4-8-6/h3-5H,2H2,1H3,(H,7,8)(H,9,10,11). The summed E-state index contributed by atoms with van der Waals surface area (Å²) in [5, 5.41) is -0.938. The van der Waals surface area contributed by atoms with Crippen molar-refractivity contribution in [2.24, 2.45) is 0 Å². The van der Waals surface area contributed by atoms with Crippen molar-refractivity contribution in [1.29, 1.82) is 0 Å². The molecule has 0 saturated carbocycles. The highest BCUT2D eigenvalue weighted by Gasteiger charge is 2.24. The molecule has 1 rings (SSSR count). The first-order chi connectivity index (χ1) is 5.55. The lowest BCUT2D eigenvalue weighted by Crippen LogP contribution is -2.12. The van der Waals surface area contributed by atoms with Gasteiger partial charge in [-0.2, -0.15) is 8.42 Å². The number of aromatic nitrogens is 2. The Bertz CT molecular complexity index is 330. The zero-order valence-corrected chi connectivity index (χ0v) is 7.37. The number of H-pyrrole nitrogens is 1. The minimum absolute atomic E-state index is 0.278. The summed E-state index contributed by atoms with van der Waals surface area (Å²) in [6, 6.07) is 0. The molecule has 1 aromatic rings. The lowest BCUT2D eigenvalue weighted by atomic mass is 10.3. The maximum Gasteiger partial charge on any atom is 0.275 e. The Balaban J connectivity index is 3.00. The molecule has 0 aliphatic heterocycles.